The first kappa shape index (κ1) is 21.7. The molecule has 0 fully saturated rings. The molecule has 27 heavy (non-hydrogen) atoms. The van der Waals surface area contributed by atoms with Crippen LogP contribution in [0.25, 0.3) is 0 Å². The number of hydrogen-bond acceptors (Lipinski definition) is 3. The molecule has 2 aromatic heterocycles. The van der Waals surface area contributed by atoms with Gasteiger partial charge in [0.05, 0.1) is 0 Å². The zero-order valence-corrected chi connectivity index (χ0v) is 17.9. The van der Waals surface area contributed by atoms with E-state index in [1.807, 2.05) is 12.4 Å². The normalized spacial score (nSPS) is 12.8. The van der Waals surface area contributed by atoms with Crippen LogP contribution >= 0.6 is 0 Å². The minimum absolute atomic E-state index is 0.829. The molecule has 0 saturated heterocycles. The number of imidazole rings is 2. The van der Waals surface area contributed by atoms with Crippen LogP contribution in [0.15, 0.2) is 24.8 Å². The molecule has 0 aliphatic heterocycles. The number of rotatable bonds is 14. The van der Waals surface area contributed by atoms with Crippen molar-refractivity contribution in [3.63, 3.8) is 0 Å². The Labute approximate surface area is 165 Å². The third-order valence-electron chi connectivity index (χ3n) is 5.65. The van der Waals surface area contributed by atoms with Crippen molar-refractivity contribution in [2.24, 2.45) is 5.92 Å². The number of hydrogen-bond donors (Lipinski definition) is 0. The van der Waals surface area contributed by atoms with E-state index in [9.17, 15) is 0 Å². The quantitative estimate of drug-likeness (QED) is 0.482. The minimum Gasteiger partial charge on any atom is -0.335 e. The Kier molecular flexibility index (Phi) is 9.60. The Morgan fingerprint density at radius 2 is 1.44 bits per heavy atom. The summed E-state index contributed by atoms with van der Waals surface area (Å²) in [4.78, 5) is 11.4. The van der Waals surface area contributed by atoms with E-state index >= 15 is 0 Å². The van der Waals surface area contributed by atoms with Gasteiger partial charge in [0.15, 0.2) is 0 Å². The first-order chi connectivity index (χ1) is 13.1. The molecule has 0 spiro atoms. The number of aromatic nitrogens is 4. The molecule has 152 valence electrons. The fourth-order valence-electron chi connectivity index (χ4n) is 3.79. The fourth-order valence-corrected chi connectivity index (χ4v) is 3.79. The molecule has 2 rings (SSSR count). The predicted octanol–water partition coefficient (Wildman–Crippen LogP) is 4.70. The maximum absolute atomic E-state index is 4.34. The number of aryl methyl sites for hydroxylation is 4. The predicted molar refractivity (Wildman–Crippen MR) is 113 cm³/mol. The molecule has 5 nitrogen and oxygen atoms in total. The van der Waals surface area contributed by atoms with E-state index in [2.05, 4.69) is 64.1 Å². The van der Waals surface area contributed by atoms with E-state index in [-0.39, 0.29) is 0 Å². The molecule has 1 unspecified atom stereocenters. The highest BCUT2D eigenvalue weighted by Crippen LogP contribution is 2.15. The molecule has 5 heteroatoms. The van der Waals surface area contributed by atoms with Crippen molar-refractivity contribution < 1.29 is 0 Å². The van der Waals surface area contributed by atoms with Gasteiger partial charge in [-0.05, 0) is 52.1 Å². The highest BCUT2D eigenvalue weighted by Gasteiger charge is 2.13. The van der Waals surface area contributed by atoms with Crippen molar-refractivity contribution in [2.75, 3.05) is 19.6 Å². The van der Waals surface area contributed by atoms with Gasteiger partial charge in [0.2, 0.25) is 0 Å². The molecule has 0 aliphatic rings. The summed E-state index contributed by atoms with van der Waals surface area (Å²) >= 11 is 0. The molecule has 0 saturated carbocycles. The van der Waals surface area contributed by atoms with Crippen LogP contribution in [0.4, 0.5) is 0 Å². The zero-order valence-electron chi connectivity index (χ0n) is 17.9. The van der Waals surface area contributed by atoms with Crippen LogP contribution in [0.5, 0.6) is 0 Å². The average molecular weight is 374 g/mol. The van der Waals surface area contributed by atoms with Gasteiger partial charge >= 0.3 is 0 Å². The van der Waals surface area contributed by atoms with E-state index in [1.54, 1.807) is 0 Å². The summed E-state index contributed by atoms with van der Waals surface area (Å²) in [6.07, 6.45) is 15.7. The van der Waals surface area contributed by atoms with Crippen molar-refractivity contribution >= 4 is 0 Å². The highest BCUT2D eigenvalue weighted by molar-refractivity contribution is 4.89. The van der Waals surface area contributed by atoms with Gasteiger partial charge < -0.3 is 14.0 Å². The smallest absolute Gasteiger partial charge is 0.105 e. The van der Waals surface area contributed by atoms with Crippen LogP contribution in [0, 0.1) is 19.8 Å². The monoisotopic (exact) mass is 373 g/mol. The molecule has 1 atom stereocenters. The standard InChI is InChI=1S/C22H39N5/c1-5-7-10-22(6-2)19-25(13-8-15-26-17-11-23-20(26)3)14-9-16-27-18-12-24-21(27)4/h11-12,17-18,22H,5-10,13-16,19H2,1-4H3. The van der Waals surface area contributed by atoms with Gasteiger partial charge in [-0.3, -0.25) is 0 Å². The second-order valence-corrected chi connectivity index (χ2v) is 7.76. The van der Waals surface area contributed by atoms with Crippen molar-refractivity contribution in [2.45, 2.75) is 79.3 Å². The summed E-state index contributed by atoms with van der Waals surface area (Å²) in [5, 5.41) is 0. The molecule has 0 aliphatic carbocycles. The Balaban J connectivity index is 1.83. The third kappa shape index (κ3) is 7.49. The molecule has 0 aromatic carbocycles. The highest BCUT2D eigenvalue weighted by atomic mass is 15.1. The maximum atomic E-state index is 4.34. The lowest BCUT2D eigenvalue weighted by molar-refractivity contribution is 0.208. The van der Waals surface area contributed by atoms with E-state index < -0.39 is 0 Å². The van der Waals surface area contributed by atoms with Gasteiger partial charge in [0.1, 0.15) is 11.6 Å². The first-order valence-corrected chi connectivity index (χ1v) is 10.8. The second kappa shape index (κ2) is 12.0. The Morgan fingerprint density at radius 1 is 0.889 bits per heavy atom. The van der Waals surface area contributed by atoms with Gasteiger partial charge in [-0.2, -0.15) is 0 Å². The average Bonchev–Trinajstić information content (AvgIpc) is 3.26. The molecule has 0 amide bonds. The Hall–Kier alpha value is -1.62. The summed E-state index contributed by atoms with van der Waals surface area (Å²) in [6.45, 7) is 14.5. The van der Waals surface area contributed by atoms with Crippen LogP contribution in [0.3, 0.4) is 0 Å². The first-order valence-electron chi connectivity index (χ1n) is 10.8. The molecular formula is C22H39N5. The number of unbranched alkanes of at least 4 members (excludes halogenated alkanes) is 1. The summed E-state index contributed by atoms with van der Waals surface area (Å²) < 4.78 is 4.53. The van der Waals surface area contributed by atoms with Crippen molar-refractivity contribution in [1.82, 2.24) is 24.0 Å². The SMILES string of the molecule is CCCCC(CC)CN(CCCn1ccnc1C)CCCn1ccnc1C. The van der Waals surface area contributed by atoms with E-state index in [1.165, 1.54) is 58.2 Å². The lowest BCUT2D eigenvalue weighted by Crippen LogP contribution is -2.32. The van der Waals surface area contributed by atoms with Crippen molar-refractivity contribution in [3.8, 4) is 0 Å². The lowest BCUT2D eigenvalue weighted by Gasteiger charge is -2.27. The van der Waals surface area contributed by atoms with Crippen molar-refractivity contribution in [1.29, 1.82) is 0 Å². The molecule has 0 bridgehead atoms. The van der Waals surface area contributed by atoms with Gasteiger partial charge in [-0.25, -0.2) is 9.97 Å². The summed E-state index contributed by atoms with van der Waals surface area (Å²) in [6, 6.07) is 0. The van der Waals surface area contributed by atoms with E-state index in [4.69, 9.17) is 0 Å². The molecule has 2 heterocycles. The van der Waals surface area contributed by atoms with Gasteiger partial charge in [0.25, 0.3) is 0 Å². The lowest BCUT2D eigenvalue weighted by atomic mass is 9.98. The minimum atomic E-state index is 0.829. The van der Waals surface area contributed by atoms with Crippen LogP contribution in [0.1, 0.15) is 64.0 Å². The Bertz CT molecular complexity index is 584. The summed E-state index contributed by atoms with van der Waals surface area (Å²) in [5.74, 6) is 3.06. The van der Waals surface area contributed by atoms with E-state index in [0.717, 1.165) is 30.7 Å². The number of nitrogens with zero attached hydrogens (tertiary/aromatic N) is 5. The molecule has 0 N–H and O–H groups in total. The molecular weight excluding hydrogens is 334 g/mol. The zero-order chi connectivity index (χ0) is 19.5. The van der Waals surface area contributed by atoms with Gasteiger partial charge in [-0.1, -0.05) is 33.1 Å². The van der Waals surface area contributed by atoms with Crippen LogP contribution in [-0.4, -0.2) is 43.6 Å². The van der Waals surface area contributed by atoms with E-state index in [0.29, 0.717) is 0 Å². The molecule has 2 aromatic rings. The topological polar surface area (TPSA) is 38.9 Å². The Morgan fingerprint density at radius 3 is 1.85 bits per heavy atom. The largest absolute Gasteiger partial charge is 0.335 e. The maximum Gasteiger partial charge on any atom is 0.105 e. The fraction of sp³-hybridized carbons (Fsp3) is 0.727. The second-order valence-electron chi connectivity index (χ2n) is 7.76. The van der Waals surface area contributed by atoms with Crippen LogP contribution in [-0.2, 0) is 13.1 Å². The van der Waals surface area contributed by atoms with Crippen LogP contribution in [0.2, 0.25) is 0 Å². The van der Waals surface area contributed by atoms with Gasteiger partial charge in [0, 0.05) is 44.4 Å². The molecule has 0 radical (unpaired) electrons. The van der Waals surface area contributed by atoms with Crippen LogP contribution < -0.4 is 0 Å². The summed E-state index contributed by atoms with van der Waals surface area (Å²) in [7, 11) is 0. The van der Waals surface area contributed by atoms with Crippen molar-refractivity contribution in [3.05, 3.63) is 36.4 Å². The van der Waals surface area contributed by atoms with Gasteiger partial charge in [-0.15, -0.1) is 0 Å². The third-order valence-corrected chi connectivity index (χ3v) is 5.65. The summed E-state index contributed by atoms with van der Waals surface area (Å²) in [5.41, 5.74) is 0.